The minimum atomic E-state index is -0.550. The van der Waals surface area contributed by atoms with Gasteiger partial charge in [0, 0.05) is 29.5 Å². The highest BCUT2D eigenvalue weighted by Crippen LogP contribution is 2.40. The van der Waals surface area contributed by atoms with E-state index in [1.165, 1.54) is 10.5 Å². The van der Waals surface area contributed by atoms with Crippen molar-refractivity contribution < 1.29 is 5.11 Å². The minimum absolute atomic E-state index is 0.199. The second kappa shape index (κ2) is 4.95. The third kappa shape index (κ3) is 2.04. The van der Waals surface area contributed by atoms with Crippen LogP contribution in [0.4, 0.5) is 0 Å². The Morgan fingerprint density at radius 3 is 3.17 bits per heavy atom. The van der Waals surface area contributed by atoms with Crippen LogP contribution in [0.15, 0.2) is 27.9 Å². The van der Waals surface area contributed by atoms with Crippen molar-refractivity contribution in [3.63, 3.8) is 0 Å². The van der Waals surface area contributed by atoms with Crippen LogP contribution in [0, 0.1) is 11.8 Å². The van der Waals surface area contributed by atoms with Crippen LogP contribution in [0.3, 0.4) is 0 Å². The molecular weight excluding hydrogens is 248 g/mol. The van der Waals surface area contributed by atoms with Crippen LogP contribution in [0.2, 0.25) is 0 Å². The highest BCUT2D eigenvalue weighted by Gasteiger charge is 2.37. The molecule has 0 amide bonds. The fourth-order valence-corrected chi connectivity index (χ4v) is 3.68. The zero-order valence-electron chi connectivity index (χ0n) is 10.1. The highest BCUT2D eigenvalue weighted by molar-refractivity contribution is 8.03. The summed E-state index contributed by atoms with van der Waals surface area (Å²) in [6.07, 6.45) is 5.59. The predicted molar refractivity (Wildman–Crippen MR) is 73.6 cm³/mol. The minimum Gasteiger partial charge on any atom is -0.381 e. The average molecular weight is 266 g/mol. The number of aliphatic hydroxyl groups excluding tert-OH is 1. The quantitative estimate of drug-likeness (QED) is 0.578. The van der Waals surface area contributed by atoms with Crippen LogP contribution >= 0.6 is 11.8 Å². The van der Waals surface area contributed by atoms with E-state index in [4.69, 9.17) is 5.73 Å². The Bertz CT molecular complexity index is 432. The molecule has 2 heterocycles. The van der Waals surface area contributed by atoms with Gasteiger partial charge in [-0.3, -0.25) is 5.43 Å². The van der Waals surface area contributed by atoms with E-state index in [0.717, 1.165) is 24.4 Å². The van der Waals surface area contributed by atoms with Crippen LogP contribution in [0.5, 0.6) is 0 Å². The highest BCUT2D eigenvalue weighted by atomic mass is 32.2. The third-order valence-corrected chi connectivity index (χ3v) is 4.84. The molecule has 1 aliphatic carbocycles. The molecule has 3 aliphatic rings. The lowest BCUT2D eigenvalue weighted by atomic mass is 9.75. The van der Waals surface area contributed by atoms with E-state index in [2.05, 4.69) is 28.1 Å². The summed E-state index contributed by atoms with van der Waals surface area (Å²) in [4.78, 5) is 1.32. The second-order valence-electron chi connectivity index (χ2n) is 4.82. The Morgan fingerprint density at radius 1 is 1.56 bits per heavy atom. The molecule has 0 bridgehead atoms. The van der Waals surface area contributed by atoms with E-state index in [9.17, 15) is 5.11 Å². The molecule has 0 spiro atoms. The van der Waals surface area contributed by atoms with Gasteiger partial charge in [0.2, 0.25) is 0 Å². The van der Waals surface area contributed by atoms with Gasteiger partial charge in [-0.25, -0.2) is 0 Å². The molecule has 6 heteroatoms. The molecule has 3 atom stereocenters. The summed E-state index contributed by atoms with van der Waals surface area (Å²) in [5.41, 5.74) is 10.9. The van der Waals surface area contributed by atoms with Crippen molar-refractivity contribution in [2.24, 2.45) is 22.7 Å². The number of nitrogens with one attached hydrogen (secondary N) is 2. The SMILES string of the molecule is NCC1=NNC(O)C2CC=C(C3=CNCS3)CC12. The molecule has 0 fully saturated rings. The molecule has 0 saturated heterocycles. The summed E-state index contributed by atoms with van der Waals surface area (Å²) < 4.78 is 0. The normalized spacial score (nSPS) is 34.8. The van der Waals surface area contributed by atoms with Gasteiger partial charge in [-0.05, 0) is 18.4 Å². The van der Waals surface area contributed by atoms with E-state index < -0.39 is 6.23 Å². The standard InChI is InChI=1S/C12H18N4OS/c13-4-10-9-3-7(11-5-14-6-18-11)1-2-8(9)12(17)16-15-10/h1,5,8-9,12,14,16-17H,2-4,6,13H2. The predicted octanol–water partition coefficient (Wildman–Crippen LogP) is 0.311. The molecule has 5 N–H and O–H groups in total. The number of thioether (sulfide) groups is 1. The number of rotatable bonds is 2. The van der Waals surface area contributed by atoms with Gasteiger partial charge in [0.15, 0.2) is 0 Å². The van der Waals surface area contributed by atoms with Crippen LogP contribution in [0.1, 0.15) is 12.8 Å². The first-order valence-electron chi connectivity index (χ1n) is 6.25. The van der Waals surface area contributed by atoms with Gasteiger partial charge in [0.05, 0.1) is 11.6 Å². The van der Waals surface area contributed by atoms with E-state index in [0.29, 0.717) is 6.54 Å². The molecule has 2 aliphatic heterocycles. The molecule has 18 heavy (non-hydrogen) atoms. The zero-order valence-corrected chi connectivity index (χ0v) is 10.9. The van der Waals surface area contributed by atoms with E-state index in [-0.39, 0.29) is 11.8 Å². The first kappa shape index (κ1) is 12.1. The van der Waals surface area contributed by atoms with Crippen molar-refractivity contribution in [1.29, 1.82) is 0 Å². The molecule has 3 unspecified atom stereocenters. The Hall–Kier alpha value is -0.980. The summed E-state index contributed by atoms with van der Waals surface area (Å²) in [6, 6.07) is 0. The van der Waals surface area contributed by atoms with Crippen LogP contribution in [0.25, 0.3) is 0 Å². The number of aliphatic hydroxyl groups is 1. The van der Waals surface area contributed by atoms with Gasteiger partial charge in [0.25, 0.3) is 0 Å². The Morgan fingerprint density at radius 2 is 2.44 bits per heavy atom. The first-order chi connectivity index (χ1) is 8.79. The molecule has 0 aromatic heterocycles. The lowest BCUT2D eigenvalue weighted by Gasteiger charge is -2.38. The average Bonchev–Trinajstić information content (AvgIpc) is 2.93. The molecule has 0 aromatic carbocycles. The van der Waals surface area contributed by atoms with Crippen molar-refractivity contribution in [1.82, 2.24) is 10.7 Å². The van der Waals surface area contributed by atoms with Gasteiger partial charge in [-0.1, -0.05) is 6.08 Å². The summed E-state index contributed by atoms with van der Waals surface area (Å²) >= 11 is 1.83. The molecule has 0 radical (unpaired) electrons. The van der Waals surface area contributed by atoms with E-state index in [1.807, 2.05) is 11.8 Å². The Kier molecular flexibility index (Phi) is 3.32. The smallest absolute Gasteiger partial charge is 0.143 e. The molecule has 3 rings (SSSR count). The van der Waals surface area contributed by atoms with Crippen LogP contribution < -0.4 is 16.5 Å². The number of allylic oxidation sites excluding steroid dienone is 2. The number of nitrogens with two attached hydrogens (primary N) is 1. The number of hydrazone groups is 1. The fourth-order valence-electron chi connectivity index (χ4n) is 2.83. The number of fused-ring (bicyclic) bond motifs is 1. The van der Waals surface area contributed by atoms with E-state index >= 15 is 0 Å². The van der Waals surface area contributed by atoms with Crippen molar-refractivity contribution in [3.8, 4) is 0 Å². The summed E-state index contributed by atoms with van der Waals surface area (Å²) in [6.45, 7) is 0.457. The maximum atomic E-state index is 9.95. The van der Waals surface area contributed by atoms with Crippen molar-refractivity contribution in [3.05, 3.63) is 22.8 Å². The largest absolute Gasteiger partial charge is 0.381 e. The van der Waals surface area contributed by atoms with Crippen molar-refractivity contribution >= 4 is 17.5 Å². The lowest BCUT2D eigenvalue weighted by Crippen LogP contribution is -2.48. The number of hydrogen-bond donors (Lipinski definition) is 4. The summed E-state index contributed by atoms with van der Waals surface area (Å²) in [5, 5.41) is 17.4. The van der Waals surface area contributed by atoms with Gasteiger partial charge in [0.1, 0.15) is 6.23 Å². The lowest BCUT2D eigenvalue weighted by molar-refractivity contribution is 0.0479. The van der Waals surface area contributed by atoms with Gasteiger partial charge in [-0.15, -0.1) is 11.8 Å². The Labute approximate surface area is 111 Å². The molecule has 0 aromatic rings. The maximum absolute atomic E-state index is 9.95. The third-order valence-electron chi connectivity index (χ3n) is 3.84. The number of hydrogen-bond acceptors (Lipinski definition) is 6. The maximum Gasteiger partial charge on any atom is 0.143 e. The molecule has 5 nitrogen and oxygen atoms in total. The second-order valence-corrected chi connectivity index (χ2v) is 5.84. The van der Waals surface area contributed by atoms with Crippen molar-refractivity contribution in [2.45, 2.75) is 19.1 Å². The zero-order chi connectivity index (χ0) is 12.5. The van der Waals surface area contributed by atoms with Crippen molar-refractivity contribution in [2.75, 3.05) is 12.4 Å². The van der Waals surface area contributed by atoms with Gasteiger partial charge >= 0.3 is 0 Å². The van der Waals surface area contributed by atoms with Crippen LogP contribution in [-0.2, 0) is 0 Å². The monoisotopic (exact) mass is 266 g/mol. The molecular formula is C12H18N4OS. The van der Waals surface area contributed by atoms with E-state index in [1.54, 1.807) is 0 Å². The fraction of sp³-hybridized carbons (Fsp3) is 0.583. The van der Waals surface area contributed by atoms with Gasteiger partial charge < -0.3 is 16.2 Å². The number of nitrogens with zero attached hydrogens (tertiary/aromatic N) is 1. The Balaban J connectivity index is 1.83. The first-order valence-corrected chi connectivity index (χ1v) is 7.24. The summed E-state index contributed by atoms with van der Waals surface area (Å²) in [5.74, 6) is 1.42. The van der Waals surface area contributed by atoms with Gasteiger partial charge in [-0.2, -0.15) is 5.10 Å². The van der Waals surface area contributed by atoms with Crippen LogP contribution in [-0.4, -0.2) is 29.5 Å². The molecule has 0 saturated carbocycles. The summed E-state index contributed by atoms with van der Waals surface area (Å²) in [7, 11) is 0. The topological polar surface area (TPSA) is 82.7 Å². The molecule has 98 valence electrons.